The van der Waals surface area contributed by atoms with E-state index in [0.29, 0.717) is 5.56 Å². The molecule has 1 unspecified atom stereocenters. The van der Waals surface area contributed by atoms with Crippen molar-refractivity contribution in [3.05, 3.63) is 65.7 Å². The standard InChI is InChI=1S/C20H20N2O2/c1-13-7-9-15(10-8-13)19-11-17(20(24)21-14(2)12-23)16-5-3-4-6-18(16)22-19/h3-11,14,23H,12H2,1-2H3,(H,21,24). The van der Waals surface area contributed by atoms with E-state index in [1.165, 1.54) is 5.56 Å². The third kappa shape index (κ3) is 3.29. The van der Waals surface area contributed by atoms with Crippen LogP contribution in [0.5, 0.6) is 0 Å². The Morgan fingerprint density at radius 2 is 1.88 bits per heavy atom. The van der Waals surface area contributed by atoms with Gasteiger partial charge in [-0.15, -0.1) is 0 Å². The van der Waals surface area contributed by atoms with Crippen molar-refractivity contribution in [2.45, 2.75) is 19.9 Å². The minimum absolute atomic E-state index is 0.0976. The Morgan fingerprint density at radius 1 is 1.17 bits per heavy atom. The number of fused-ring (bicyclic) bond motifs is 1. The highest BCUT2D eigenvalue weighted by molar-refractivity contribution is 6.07. The molecule has 0 fully saturated rings. The van der Waals surface area contributed by atoms with Gasteiger partial charge >= 0.3 is 0 Å². The molecule has 0 spiro atoms. The summed E-state index contributed by atoms with van der Waals surface area (Å²) in [4.78, 5) is 17.3. The summed E-state index contributed by atoms with van der Waals surface area (Å²) in [5, 5.41) is 12.8. The van der Waals surface area contributed by atoms with Crippen LogP contribution in [0.4, 0.5) is 0 Å². The van der Waals surface area contributed by atoms with Crippen molar-refractivity contribution in [3.63, 3.8) is 0 Å². The van der Waals surface area contributed by atoms with Crippen LogP contribution < -0.4 is 5.32 Å². The zero-order valence-electron chi connectivity index (χ0n) is 13.8. The number of carbonyl (C=O) groups excluding carboxylic acids is 1. The van der Waals surface area contributed by atoms with Gasteiger partial charge in [0.15, 0.2) is 0 Å². The van der Waals surface area contributed by atoms with Gasteiger partial charge in [0.25, 0.3) is 5.91 Å². The van der Waals surface area contributed by atoms with Gasteiger partial charge in [0.1, 0.15) is 0 Å². The van der Waals surface area contributed by atoms with Crippen LogP contribution >= 0.6 is 0 Å². The van der Waals surface area contributed by atoms with E-state index in [0.717, 1.165) is 22.2 Å². The minimum Gasteiger partial charge on any atom is -0.394 e. The number of nitrogens with zero attached hydrogens (tertiary/aromatic N) is 1. The van der Waals surface area contributed by atoms with Crippen molar-refractivity contribution in [1.82, 2.24) is 10.3 Å². The van der Waals surface area contributed by atoms with Crippen LogP contribution in [0.15, 0.2) is 54.6 Å². The zero-order valence-corrected chi connectivity index (χ0v) is 13.8. The van der Waals surface area contributed by atoms with Gasteiger partial charge in [0.2, 0.25) is 0 Å². The summed E-state index contributed by atoms with van der Waals surface area (Å²) in [6, 6.07) is 17.2. The van der Waals surface area contributed by atoms with Gasteiger partial charge in [-0.1, -0.05) is 48.0 Å². The Labute approximate surface area is 141 Å². The molecule has 0 aliphatic rings. The molecular formula is C20H20N2O2. The van der Waals surface area contributed by atoms with Gasteiger partial charge in [-0.25, -0.2) is 4.98 Å². The summed E-state index contributed by atoms with van der Waals surface area (Å²) in [6.07, 6.45) is 0. The van der Waals surface area contributed by atoms with Crippen molar-refractivity contribution in [1.29, 1.82) is 0 Å². The summed E-state index contributed by atoms with van der Waals surface area (Å²) < 4.78 is 0. The molecule has 1 amide bonds. The van der Waals surface area contributed by atoms with E-state index in [1.54, 1.807) is 6.92 Å². The van der Waals surface area contributed by atoms with Crippen molar-refractivity contribution < 1.29 is 9.90 Å². The SMILES string of the molecule is Cc1ccc(-c2cc(C(=O)NC(C)CO)c3ccccc3n2)cc1. The molecule has 2 aromatic carbocycles. The first kappa shape index (κ1) is 16.1. The topological polar surface area (TPSA) is 62.2 Å². The van der Waals surface area contributed by atoms with Crippen LogP contribution in [0.3, 0.4) is 0 Å². The molecule has 0 aliphatic carbocycles. The zero-order chi connectivity index (χ0) is 17.1. The average molecular weight is 320 g/mol. The number of hydrogen-bond donors (Lipinski definition) is 2. The Hall–Kier alpha value is -2.72. The highest BCUT2D eigenvalue weighted by atomic mass is 16.3. The number of para-hydroxylation sites is 1. The molecule has 1 heterocycles. The van der Waals surface area contributed by atoms with E-state index < -0.39 is 0 Å². The highest BCUT2D eigenvalue weighted by Crippen LogP contribution is 2.25. The largest absolute Gasteiger partial charge is 0.394 e. The van der Waals surface area contributed by atoms with Crippen molar-refractivity contribution in [2.75, 3.05) is 6.61 Å². The first-order chi connectivity index (χ1) is 11.6. The van der Waals surface area contributed by atoms with E-state index in [1.807, 2.05) is 61.5 Å². The first-order valence-corrected chi connectivity index (χ1v) is 7.97. The number of aryl methyl sites for hydroxylation is 1. The molecule has 0 bridgehead atoms. The predicted molar refractivity (Wildman–Crippen MR) is 95.9 cm³/mol. The van der Waals surface area contributed by atoms with Gasteiger partial charge in [-0.05, 0) is 26.0 Å². The molecule has 1 atom stereocenters. The molecule has 0 saturated carbocycles. The third-order valence-corrected chi connectivity index (χ3v) is 3.96. The second kappa shape index (κ2) is 6.81. The summed E-state index contributed by atoms with van der Waals surface area (Å²) in [5.74, 6) is -0.205. The van der Waals surface area contributed by atoms with Crippen LogP contribution in [-0.4, -0.2) is 28.6 Å². The molecule has 122 valence electrons. The molecule has 3 aromatic rings. The summed E-state index contributed by atoms with van der Waals surface area (Å²) in [6.45, 7) is 3.70. The molecule has 4 nitrogen and oxygen atoms in total. The van der Waals surface area contributed by atoms with Crippen LogP contribution in [0, 0.1) is 6.92 Å². The monoisotopic (exact) mass is 320 g/mol. The summed E-state index contributed by atoms with van der Waals surface area (Å²) in [5.41, 5.74) is 4.24. The normalized spacial score (nSPS) is 12.1. The molecule has 0 aliphatic heterocycles. The fourth-order valence-electron chi connectivity index (χ4n) is 2.58. The molecular weight excluding hydrogens is 300 g/mol. The fraction of sp³-hybridized carbons (Fsp3) is 0.200. The number of rotatable bonds is 4. The number of benzene rings is 2. The van der Waals surface area contributed by atoms with E-state index >= 15 is 0 Å². The fourth-order valence-corrected chi connectivity index (χ4v) is 2.58. The number of amides is 1. The first-order valence-electron chi connectivity index (χ1n) is 7.97. The number of aliphatic hydroxyl groups excluding tert-OH is 1. The third-order valence-electron chi connectivity index (χ3n) is 3.96. The average Bonchev–Trinajstić information content (AvgIpc) is 2.61. The molecule has 0 saturated heterocycles. The minimum atomic E-state index is -0.299. The number of aromatic nitrogens is 1. The van der Waals surface area contributed by atoms with Gasteiger partial charge in [0.05, 0.1) is 23.4 Å². The lowest BCUT2D eigenvalue weighted by molar-refractivity contribution is 0.0924. The van der Waals surface area contributed by atoms with Gasteiger partial charge in [-0.3, -0.25) is 4.79 Å². The number of aliphatic hydroxyl groups is 1. The van der Waals surface area contributed by atoms with Crippen molar-refractivity contribution >= 4 is 16.8 Å². The van der Waals surface area contributed by atoms with Gasteiger partial charge in [0, 0.05) is 17.0 Å². The maximum atomic E-state index is 12.6. The number of nitrogens with one attached hydrogen (secondary N) is 1. The highest BCUT2D eigenvalue weighted by Gasteiger charge is 2.15. The Morgan fingerprint density at radius 3 is 2.58 bits per heavy atom. The second-order valence-corrected chi connectivity index (χ2v) is 6.00. The predicted octanol–water partition coefficient (Wildman–Crippen LogP) is 3.32. The van der Waals surface area contributed by atoms with Crippen LogP contribution in [0.1, 0.15) is 22.8 Å². The van der Waals surface area contributed by atoms with Gasteiger partial charge in [-0.2, -0.15) is 0 Å². The van der Waals surface area contributed by atoms with E-state index in [4.69, 9.17) is 0 Å². The van der Waals surface area contributed by atoms with Crippen LogP contribution in [0.25, 0.3) is 22.2 Å². The molecule has 1 aromatic heterocycles. The molecule has 24 heavy (non-hydrogen) atoms. The molecule has 2 N–H and O–H groups in total. The maximum Gasteiger partial charge on any atom is 0.252 e. The smallest absolute Gasteiger partial charge is 0.252 e. The molecule has 3 rings (SSSR count). The lowest BCUT2D eigenvalue weighted by atomic mass is 10.0. The van der Waals surface area contributed by atoms with Gasteiger partial charge < -0.3 is 10.4 Å². The summed E-state index contributed by atoms with van der Waals surface area (Å²) in [7, 11) is 0. The van der Waals surface area contributed by atoms with Crippen LogP contribution in [-0.2, 0) is 0 Å². The molecule has 0 radical (unpaired) electrons. The lowest BCUT2D eigenvalue weighted by Gasteiger charge is -2.13. The Bertz CT molecular complexity index is 872. The molecule has 4 heteroatoms. The lowest BCUT2D eigenvalue weighted by Crippen LogP contribution is -2.35. The number of pyridine rings is 1. The maximum absolute atomic E-state index is 12.6. The Balaban J connectivity index is 2.12. The number of hydrogen-bond acceptors (Lipinski definition) is 3. The van der Waals surface area contributed by atoms with E-state index in [-0.39, 0.29) is 18.6 Å². The Kier molecular flexibility index (Phi) is 4.58. The summed E-state index contributed by atoms with van der Waals surface area (Å²) >= 11 is 0. The van der Waals surface area contributed by atoms with Crippen LogP contribution in [0.2, 0.25) is 0 Å². The van der Waals surface area contributed by atoms with Crippen molar-refractivity contribution in [3.8, 4) is 11.3 Å². The van der Waals surface area contributed by atoms with E-state index in [9.17, 15) is 9.90 Å². The number of carbonyl (C=O) groups is 1. The quantitative estimate of drug-likeness (QED) is 0.775. The van der Waals surface area contributed by atoms with E-state index in [2.05, 4.69) is 10.3 Å². The second-order valence-electron chi connectivity index (χ2n) is 6.00. The van der Waals surface area contributed by atoms with Crippen molar-refractivity contribution in [2.24, 2.45) is 0 Å².